The van der Waals surface area contributed by atoms with Crippen molar-refractivity contribution in [1.82, 2.24) is 9.97 Å². The molecule has 1 aliphatic rings. The van der Waals surface area contributed by atoms with Gasteiger partial charge in [0.25, 0.3) is 0 Å². The standard InChI is InChI=1S/C8H10N2S.2C2H6/c1-5-7-3-11-4-8(7)10-6(2)9-5;2*1-2/h3-4H2,1-2H3;2*1-2H3. The van der Waals surface area contributed by atoms with Crippen LogP contribution in [-0.2, 0) is 11.5 Å². The largest absolute Gasteiger partial charge is 0.238 e. The van der Waals surface area contributed by atoms with Crippen LogP contribution in [0.15, 0.2) is 0 Å². The number of hydrogen-bond acceptors (Lipinski definition) is 3. The quantitative estimate of drug-likeness (QED) is 0.671. The van der Waals surface area contributed by atoms with Crippen molar-refractivity contribution in [1.29, 1.82) is 0 Å². The highest BCUT2D eigenvalue weighted by Crippen LogP contribution is 2.29. The smallest absolute Gasteiger partial charge is 0.125 e. The Kier molecular flexibility index (Phi) is 7.39. The van der Waals surface area contributed by atoms with E-state index in [1.165, 1.54) is 11.3 Å². The summed E-state index contributed by atoms with van der Waals surface area (Å²) in [7, 11) is 0. The number of hydrogen-bond donors (Lipinski definition) is 0. The van der Waals surface area contributed by atoms with Crippen LogP contribution in [0.5, 0.6) is 0 Å². The summed E-state index contributed by atoms with van der Waals surface area (Å²) >= 11 is 1.92. The van der Waals surface area contributed by atoms with Crippen molar-refractivity contribution in [3.8, 4) is 0 Å². The molecule has 0 saturated carbocycles. The third-order valence-corrected chi connectivity index (χ3v) is 2.87. The second-order valence-electron chi connectivity index (χ2n) is 2.77. The lowest BCUT2D eigenvalue weighted by Gasteiger charge is -2.01. The van der Waals surface area contributed by atoms with E-state index < -0.39 is 0 Å². The minimum Gasteiger partial charge on any atom is -0.238 e. The maximum Gasteiger partial charge on any atom is 0.125 e. The van der Waals surface area contributed by atoms with E-state index in [1.807, 2.05) is 46.4 Å². The summed E-state index contributed by atoms with van der Waals surface area (Å²) in [4.78, 5) is 8.70. The lowest BCUT2D eigenvalue weighted by molar-refractivity contribution is 0.950. The molecule has 0 radical (unpaired) electrons. The maximum absolute atomic E-state index is 4.38. The zero-order chi connectivity index (χ0) is 11.8. The second-order valence-corrected chi connectivity index (χ2v) is 3.76. The van der Waals surface area contributed by atoms with Crippen molar-refractivity contribution in [2.75, 3.05) is 0 Å². The number of rotatable bonds is 0. The predicted octanol–water partition coefficient (Wildman–Crippen LogP) is 3.89. The molecule has 0 atom stereocenters. The fourth-order valence-corrected chi connectivity index (χ4v) is 2.48. The minimum atomic E-state index is 0.906. The van der Waals surface area contributed by atoms with Gasteiger partial charge in [-0.3, -0.25) is 0 Å². The SMILES string of the molecule is CC.CC.Cc1nc(C)c2c(n1)CSC2. The van der Waals surface area contributed by atoms with Gasteiger partial charge in [0, 0.05) is 22.8 Å². The molecule has 0 amide bonds. The van der Waals surface area contributed by atoms with Crippen LogP contribution < -0.4 is 0 Å². The summed E-state index contributed by atoms with van der Waals surface area (Å²) in [5.41, 5.74) is 3.78. The van der Waals surface area contributed by atoms with E-state index in [1.54, 1.807) is 0 Å². The first-order chi connectivity index (χ1) is 7.27. The summed E-state index contributed by atoms with van der Waals surface area (Å²) in [6, 6.07) is 0. The molecular weight excluding hydrogens is 204 g/mol. The Morgan fingerprint density at radius 2 is 1.53 bits per heavy atom. The Bertz CT molecular complexity index is 298. The normalized spacial score (nSPS) is 11.9. The van der Waals surface area contributed by atoms with E-state index in [-0.39, 0.29) is 0 Å². The molecule has 0 bridgehead atoms. The molecule has 1 aromatic heterocycles. The van der Waals surface area contributed by atoms with Crippen molar-refractivity contribution in [3.63, 3.8) is 0 Å². The molecule has 3 heteroatoms. The molecule has 15 heavy (non-hydrogen) atoms. The number of thioether (sulfide) groups is 1. The Balaban J connectivity index is 0.000000442. The van der Waals surface area contributed by atoms with Crippen molar-refractivity contribution >= 4 is 11.8 Å². The van der Waals surface area contributed by atoms with Crippen LogP contribution in [0.3, 0.4) is 0 Å². The van der Waals surface area contributed by atoms with Gasteiger partial charge in [0.2, 0.25) is 0 Å². The number of fused-ring (bicyclic) bond motifs is 1. The third-order valence-electron chi connectivity index (χ3n) is 1.90. The molecule has 2 rings (SSSR count). The van der Waals surface area contributed by atoms with E-state index in [4.69, 9.17) is 0 Å². The van der Waals surface area contributed by atoms with Crippen molar-refractivity contribution in [2.45, 2.75) is 53.0 Å². The number of aryl methyl sites for hydroxylation is 2. The van der Waals surface area contributed by atoms with Crippen molar-refractivity contribution in [3.05, 3.63) is 22.8 Å². The van der Waals surface area contributed by atoms with Gasteiger partial charge in [0.05, 0.1) is 5.69 Å². The van der Waals surface area contributed by atoms with Crippen LogP contribution in [0.2, 0.25) is 0 Å². The lowest BCUT2D eigenvalue weighted by Crippen LogP contribution is -1.98. The fourth-order valence-electron chi connectivity index (χ4n) is 1.36. The van der Waals surface area contributed by atoms with Gasteiger partial charge in [0.15, 0.2) is 0 Å². The van der Waals surface area contributed by atoms with Gasteiger partial charge >= 0.3 is 0 Å². The average Bonchev–Trinajstić information content (AvgIpc) is 2.72. The molecule has 0 aromatic carbocycles. The molecule has 1 aromatic rings. The Labute approximate surface area is 97.9 Å². The van der Waals surface area contributed by atoms with Crippen molar-refractivity contribution in [2.24, 2.45) is 0 Å². The van der Waals surface area contributed by atoms with Crippen LogP contribution in [0, 0.1) is 13.8 Å². The first-order valence-electron chi connectivity index (χ1n) is 5.68. The van der Waals surface area contributed by atoms with Gasteiger partial charge in [-0.15, -0.1) is 0 Å². The van der Waals surface area contributed by atoms with E-state index >= 15 is 0 Å². The van der Waals surface area contributed by atoms with Gasteiger partial charge in [-0.25, -0.2) is 9.97 Å². The van der Waals surface area contributed by atoms with Crippen LogP contribution in [0.4, 0.5) is 0 Å². The van der Waals surface area contributed by atoms with Gasteiger partial charge in [-0.2, -0.15) is 11.8 Å². The molecular formula is C12H22N2S. The number of nitrogens with zero attached hydrogens (tertiary/aromatic N) is 2. The molecule has 0 unspecified atom stereocenters. The van der Waals surface area contributed by atoms with Gasteiger partial charge in [0.1, 0.15) is 5.82 Å². The molecule has 86 valence electrons. The summed E-state index contributed by atoms with van der Waals surface area (Å²) < 4.78 is 0. The molecule has 0 saturated heterocycles. The van der Waals surface area contributed by atoms with E-state index in [0.717, 1.165) is 23.0 Å². The van der Waals surface area contributed by atoms with Gasteiger partial charge in [-0.1, -0.05) is 27.7 Å². The summed E-state index contributed by atoms with van der Waals surface area (Å²) in [6.07, 6.45) is 0. The molecule has 0 N–H and O–H groups in total. The highest BCUT2D eigenvalue weighted by molar-refractivity contribution is 7.98. The van der Waals surface area contributed by atoms with Crippen LogP contribution in [0.1, 0.15) is 50.5 Å². The minimum absolute atomic E-state index is 0.906. The van der Waals surface area contributed by atoms with Crippen molar-refractivity contribution < 1.29 is 0 Å². The Morgan fingerprint density at radius 3 is 2.13 bits per heavy atom. The highest BCUT2D eigenvalue weighted by Gasteiger charge is 2.15. The van der Waals surface area contributed by atoms with Crippen LogP contribution in [0.25, 0.3) is 0 Å². The summed E-state index contributed by atoms with van der Waals surface area (Å²) in [5.74, 6) is 3.07. The van der Waals surface area contributed by atoms with Gasteiger partial charge < -0.3 is 0 Å². The maximum atomic E-state index is 4.38. The Hall–Kier alpha value is -0.570. The molecule has 0 aliphatic carbocycles. The fraction of sp³-hybridized carbons (Fsp3) is 0.667. The van der Waals surface area contributed by atoms with E-state index in [0.29, 0.717) is 0 Å². The zero-order valence-electron chi connectivity index (χ0n) is 10.7. The first-order valence-corrected chi connectivity index (χ1v) is 6.83. The molecule has 2 nitrogen and oxygen atoms in total. The first kappa shape index (κ1) is 14.4. The molecule has 0 spiro atoms. The Morgan fingerprint density at radius 1 is 0.933 bits per heavy atom. The topological polar surface area (TPSA) is 25.8 Å². The highest BCUT2D eigenvalue weighted by atomic mass is 32.2. The third kappa shape index (κ3) is 3.82. The van der Waals surface area contributed by atoms with Gasteiger partial charge in [-0.05, 0) is 13.8 Å². The van der Waals surface area contributed by atoms with Crippen LogP contribution >= 0.6 is 11.8 Å². The predicted molar refractivity (Wildman–Crippen MR) is 69.2 cm³/mol. The zero-order valence-corrected chi connectivity index (χ0v) is 11.5. The summed E-state index contributed by atoms with van der Waals surface area (Å²) in [5, 5.41) is 0. The summed E-state index contributed by atoms with van der Waals surface area (Å²) in [6.45, 7) is 12.0. The number of aromatic nitrogens is 2. The van der Waals surface area contributed by atoms with E-state index in [9.17, 15) is 0 Å². The monoisotopic (exact) mass is 226 g/mol. The lowest BCUT2D eigenvalue weighted by atomic mass is 10.2. The second kappa shape index (κ2) is 7.69. The molecule has 0 fully saturated rings. The average molecular weight is 226 g/mol. The molecule has 1 aliphatic heterocycles. The van der Waals surface area contributed by atoms with E-state index in [2.05, 4.69) is 16.9 Å². The molecule has 2 heterocycles. The van der Waals surface area contributed by atoms with Crippen LogP contribution in [-0.4, -0.2) is 9.97 Å².